The molecule has 204 valence electrons. The summed E-state index contributed by atoms with van der Waals surface area (Å²) >= 11 is 0. The molecule has 1 atom stereocenters. The van der Waals surface area contributed by atoms with Crippen molar-refractivity contribution in [2.75, 3.05) is 13.6 Å². The quantitative estimate of drug-likeness (QED) is 0.258. The van der Waals surface area contributed by atoms with Crippen molar-refractivity contribution in [1.29, 1.82) is 0 Å². The van der Waals surface area contributed by atoms with Gasteiger partial charge in [0.25, 0.3) is 5.91 Å². The van der Waals surface area contributed by atoms with Gasteiger partial charge in [-0.1, -0.05) is 36.9 Å². The Morgan fingerprint density at radius 2 is 1.92 bits per heavy atom. The fraction of sp³-hybridized carbons (Fsp3) is 0.375. The van der Waals surface area contributed by atoms with E-state index in [1.807, 2.05) is 39.2 Å². The van der Waals surface area contributed by atoms with Crippen LogP contribution in [0.25, 0.3) is 0 Å². The van der Waals surface area contributed by atoms with Crippen molar-refractivity contribution >= 4 is 11.7 Å². The molecule has 1 amide bonds. The first kappa shape index (κ1) is 28.2. The molecule has 0 aliphatic heterocycles. The van der Waals surface area contributed by atoms with Gasteiger partial charge in [0.05, 0.1) is 28.8 Å². The van der Waals surface area contributed by atoms with Crippen LogP contribution < -0.4 is 10.6 Å². The zero-order valence-electron chi connectivity index (χ0n) is 23.4. The van der Waals surface area contributed by atoms with Crippen LogP contribution in [0.3, 0.4) is 0 Å². The Balaban J connectivity index is 1.43. The number of fused-ring (bicyclic) bond motifs is 1. The largest absolute Gasteiger partial charge is 0.351 e. The summed E-state index contributed by atoms with van der Waals surface area (Å²) in [5.41, 5.74) is 7.25. The van der Waals surface area contributed by atoms with E-state index in [9.17, 15) is 4.79 Å². The highest BCUT2D eigenvalue weighted by atomic mass is 16.1. The van der Waals surface area contributed by atoms with Crippen molar-refractivity contribution < 1.29 is 4.79 Å². The van der Waals surface area contributed by atoms with Crippen LogP contribution in [-0.4, -0.2) is 40.2 Å². The highest BCUT2D eigenvalue weighted by Gasteiger charge is 2.27. The van der Waals surface area contributed by atoms with Crippen LogP contribution in [0.4, 0.5) is 0 Å². The number of aryl methyl sites for hydroxylation is 3. The first-order valence-electron chi connectivity index (χ1n) is 13.8. The zero-order chi connectivity index (χ0) is 27.6. The van der Waals surface area contributed by atoms with Crippen LogP contribution in [0.5, 0.6) is 0 Å². The van der Waals surface area contributed by atoms with Crippen molar-refractivity contribution in [2.45, 2.75) is 65.1 Å². The lowest BCUT2D eigenvalue weighted by atomic mass is 9.90. The molecule has 4 rings (SSSR count). The number of benzene rings is 1. The number of pyridine rings is 2. The molecule has 2 aromatic heterocycles. The standard InChI is InChI=1S/C32H40N6O/c1-5-34-29(33-4)12-8-20-38(28-11-6-9-27-10-7-18-36-31(27)28)22-26-15-13-25(14-16-26)21-37-32(39)30-23(2)17-19-35-24(30)3/h5,7,10,13-19,28H,1,6,8-9,11-12,20-22H2,2-4H3,(H,33,34)(H,37,39). The molecule has 0 radical (unpaired) electrons. The summed E-state index contributed by atoms with van der Waals surface area (Å²) < 4.78 is 0. The Morgan fingerprint density at radius 1 is 1.13 bits per heavy atom. The number of nitrogens with one attached hydrogen (secondary N) is 2. The fourth-order valence-corrected chi connectivity index (χ4v) is 5.41. The maximum atomic E-state index is 12.8. The van der Waals surface area contributed by atoms with E-state index in [-0.39, 0.29) is 5.91 Å². The average Bonchev–Trinajstić information content (AvgIpc) is 2.95. The SMILES string of the molecule is C=CNC(CCCN(Cc1ccc(CNC(=O)c2c(C)ccnc2C)cc1)C1CCCc2cccnc21)=NC. The van der Waals surface area contributed by atoms with Crippen molar-refractivity contribution in [3.05, 3.63) is 107 Å². The van der Waals surface area contributed by atoms with Crippen LogP contribution >= 0.6 is 0 Å². The molecule has 1 aliphatic carbocycles. The Hall–Kier alpha value is -3.84. The normalized spacial score (nSPS) is 15.1. The minimum atomic E-state index is -0.0854. The molecule has 0 fully saturated rings. The maximum Gasteiger partial charge on any atom is 0.253 e. The molecule has 1 aromatic carbocycles. The first-order chi connectivity index (χ1) is 19.0. The molecular formula is C32H40N6O. The van der Waals surface area contributed by atoms with Crippen molar-refractivity contribution in [1.82, 2.24) is 25.5 Å². The van der Waals surface area contributed by atoms with Gasteiger partial charge in [-0.3, -0.25) is 24.7 Å². The fourth-order valence-electron chi connectivity index (χ4n) is 5.41. The molecular weight excluding hydrogens is 484 g/mol. The predicted molar refractivity (Wildman–Crippen MR) is 158 cm³/mol. The van der Waals surface area contributed by atoms with E-state index in [2.05, 4.69) is 62.4 Å². The number of carbonyl (C=O) groups excluding carboxylic acids is 1. The molecule has 2 N–H and O–H groups in total. The Morgan fingerprint density at radius 3 is 2.67 bits per heavy atom. The molecule has 0 saturated heterocycles. The highest BCUT2D eigenvalue weighted by molar-refractivity contribution is 5.96. The minimum Gasteiger partial charge on any atom is -0.351 e. The van der Waals surface area contributed by atoms with Crippen LogP contribution in [0.1, 0.15) is 75.7 Å². The molecule has 7 heteroatoms. The molecule has 0 saturated carbocycles. The Bertz CT molecular complexity index is 1280. The minimum absolute atomic E-state index is 0.0854. The van der Waals surface area contributed by atoms with Crippen molar-refractivity contribution in [3.8, 4) is 0 Å². The van der Waals surface area contributed by atoms with E-state index in [0.29, 0.717) is 18.2 Å². The van der Waals surface area contributed by atoms with Crippen LogP contribution in [-0.2, 0) is 19.5 Å². The number of nitrogens with zero attached hydrogens (tertiary/aromatic N) is 4. The van der Waals surface area contributed by atoms with Crippen molar-refractivity contribution in [2.24, 2.45) is 4.99 Å². The van der Waals surface area contributed by atoms with Crippen LogP contribution in [0.15, 0.2) is 72.6 Å². The van der Waals surface area contributed by atoms with Gasteiger partial charge in [-0.05, 0) is 86.7 Å². The van der Waals surface area contributed by atoms with E-state index < -0.39 is 0 Å². The van der Waals surface area contributed by atoms with E-state index in [1.54, 1.807) is 12.4 Å². The van der Waals surface area contributed by atoms with Gasteiger partial charge in [-0.15, -0.1) is 0 Å². The van der Waals surface area contributed by atoms with Gasteiger partial charge in [0, 0.05) is 39.0 Å². The zero-order valence-corrected chi connectivity index (χ0v) is 23.4. The summed E-state index contributed by atoms with van der Waals surface area (Å²) in [4.78, 5) is 28.8. The summed E-state index contributed by atoms with van der Waals surface area (Å²) in [6.07, 6.45) is 10.6. The first-order valence-corrected chi connectivity index (χ1v) is 13.8. The van der Waals surface area contributed by atoms with Gasteiger partial charge in [-0.2, -0.15) is 0 Å². The second-order valence-electron chi connectivity index (χ2n) is 10.1. The third kappa shape index (κ3) is 7.39. The average molecular weight is 525 g/mol. The maximum absolute atomic E-state index is 12.8. The van der Waals surface area contributed by atoms with E-state index >= 15 is 0 Å². The Kier molecular flexibility index (Phi) is 9.97. The molecule has 1 aliphatic rings. The third-order valence-electron chi connectivity index (χ3n) is 7.44. The van der Waals surface area contributed by atoms with E-state index in [1.165, 1.54) is 23.2 Å². The summed E-state index contributed by atoms with van der Waals surface area (Å²) in [6, 6.07) is 15.0. The van der Waals surface area contributed by atoms with Gasteiger partial charge < -0.3 is 10.6 Å². The molecule has 3 aromatic rings. The number of hydrogen-bond acceptors (Lipinski definition) is 5. The van der Waals surface area contributed by atoms with Crippen molar-refractivity contribution in [3.63, 3.8) is 0 Å². The summed E-state index contributed by atoms with van der Waals surface area (Å²) in [5, 5.41) is 6.20. The topological polar surface area (TPSA) is 82.5 Å². The summed E-state index contributed by atoms with van der Waals surface area (Å²) in [7, 11) is 1.81. The summed E-state index contributed by atoms with van der Waals surface area (Å²) in [6.45, 7) is 9.84. The summed E-state index contributed by atoms with van der Waals surface area (Å²) in [5.74, 6) is 0.868. The van der Waals surface area contributed by atoms with Gasteiger partial charge in [0.15, 0.2) is 0 Å². The molecule has 0 spiro atoms. The number of rotatable bonds is 11. The Labute approximate surface area is 232 Å². The highest BCUT2D eigenvalue weighted by Crippen LogP contribution is 2.34. The lowest BCUT2D eigenvalue weighted by Gasteiger charge is -2.35. The van der Waals surface area contributed by atoms with Gasteiger partial charge >= 0.3 is 0 Å². The molecule has 7 nitrogen and oxygen atoms in total. The van der Waals surface area contributed by atoms with Crippen LogP contribution in [0.2, 0.25) is 0 Å². The monoisotopic (exact) mass is 524 g/mol. The number of amidine groups is 1. The van der Waals surface area contributed by atoms with E-state index in [0.717, 1.165) is 61.4 Å². The van der Waals surface area contributed by atoms with Gasteiger partial charge in [0.1, 0.15) is 0 Å². The molecule has 1 unspecified atom stereocenters. The molecule has 39 heavy (non-hydrogen) atoms. The van der Waals surface area contributed by atoms with Gasteiger partial charge in [0.2, 0.25) is 0 Å². The second kappa shape index (κ2) is 13.8. The number of aliphatic imine (C=N–C) groups is 1. The number of hydrogen-bond donors (Lipinski definition) is 2. The number of carbonyl (C=O) groups is 1. The van der Waals surface area contributed by atoms with E-state index in [4.69, 9.17) is 4.98 Å². The lowest BCUT2D eigenvalue weighted by Crippen LogP contribution is -2.33. The molecule has 0 bridgehead atoms. The smallest absolute Gasteiger partial charge is 0.253 e. The second-order valence-corrected chi connectivity index (χ2v) is 10.1. The molecule has 2 heterocycles. The number of amides is 1. The third-order valence-corrected chi connectivity index (χ3v) is 7.44. The number of aromatic nitrogens is 2. The predicted octanol–water partition coefficient (Wildman–Crippen LogP) is 5.44. The lowest BCUT2D eigenvalue weighted by molar-refractivity contribution is 0.0949. The van der Waals surface area contributed by atoms with Gasteiger partial charge in [-0.25, -0.2) is 0 Å². The van der Waals surface area contributed by atoms with Crippen LogP contribution in [0, 0.1) is 13.8 Å².